The van der Waals surface area contributed by atoms with E-state index in [0.717, 1.165) is 0 Å². The highest BCUT2D eigenvalue weighted by molar-refractivity contribution is 6.43. The lowest BCUT2D eigenvalue weighted by Crippen LogP contribution is -2.52. The second-order valence-corrected chi connectivity index (χ2v) is 9.10. The van der Waals surface area contributed by atoms with Gasteiger partial charge in [0.1, 0.15) is 5.82 Å². The zero-order valence-corrected chi connectivity index (χ0v) is 19.4. The Morgan fingerprint density at radius 2 is 1.88 bits per heavy atom. The van der Waals surface area contributed by atoms with Gasteiger partial charge in [-0.25, -0.2) is 4.39 Å². The molecule has 7 nitrogen and oxygen atoms in total. The maximum atomic E-state index is 13.5. The number of rotatable bonds is 5. The summed E-state index contributed by atoms with van der Waals surface area (Å²) < 4.78 is 20.6. The SMILES string of the molecule is Cc1cc(NC(=O)c2c(C)c(C(=O)C(=O)NC3CCOCC3(C)C)n(C)c2C)ccc1F. The van der Waals surface area contributed by atoms with Gasteiger partial charge in [0.05, 0.1) is 17.9 Å². The predicted molar refractivity (Wildman–Crippen MR) is 119 cm³/mol. The average molecular weight is 444 g/mol. The molecular weight excluding hydrogens is 413 g/mol. The highest BCUT2D eigenvalue weighted by Crippen LogP contribution is 2.28. The zero-order chi connectivity index (χ0) is 23.8. The highest BCUT2D eigenvalue weighted by atomic mass is 19.1. The molecule has 0 spiro atoms. The van der Waals surface area contributed by atoms with Gasteiger partial charge in [-0.2, -0.15) is 0 Å². The second kappa shape index (κ2) is 8.86. The van der Waals surface area contributed by atoms with E-state index < -0.39 is 17.6 Å². The van der Waals surface area contributed by atoms with Gasteiger partial charge < -0.3 is 19.9 Å². The van der Waals surface area contributed by atoms with Gasteiger partial charge in [0.25, 0.3) is 17.6 Å². The third-order valence-corrected chi connectivity index (χ3v) is 6.27. The van der Waals surface area contributed by atoms with E-state index in [2.05, 4.69) is 10.6 Å². The molecule has 1 aliphatic rings. The summed E-state index contributed by atoms with van der Waals surface area (Å²) >= 11 is 0. The zero-order valence-electron chi connectivity index (χ0n) is 19.4. The van der Waals surface area contributed by atoms with E-state index in [4.69, 9.17) is 4.74 Å². The van der Waals surface area contributed by atoms with Crippen molar-refractivity contribution < 1.29 is 23.5 Å². The van der Waals surface area contributed by atoms with E-state index in [1.807, 2.05) is 13.8 Å². The summed E-state index contributed by atoms with van der Waals surface area (Å²) in [5.74, 6) is -2.17. The number of ketones is 1. The van der Waals surface area contributed by atoms with E-state index in [9.17, 15) is 18.8 Å². The summed E-state index contributed by atoms with van der Waals surface area (Å²) in [4.78, 5) is 38.8. The molecule has 1 fully saturated rings. The fourth-order valence-corrected chi connectivity index (χ4v) is 4.18. The van der Waals surface area contributed by atoms with E-state index in [-0.39, 0.29) is 23.0 Å². The summed E-state index contributed by atoms with van der Waals surface area (Å²) in [7, 11) is 1.65. The molecule has 1 unspecified atom stereocenters. The molecule has 2 N–H and O–H groups in total. The van der Waals surface area contributed by atoms with Crippen LogP contribution in [0.3, 0.4) is 0 Å². The number of nitrogens with zero attached hydrogens (tertiary/aromatic N) is 1. The van der Waals surface area contributed by atoms with Crippen LogP contribution in [-0.2, 0) is 16.6 Å². The van der Waals surface area contributed by atoms with E-state index in [0.29, 0.717) is 47.7 Å². The maximum Gasteiger partial charge on any atom is 0.294 e. The van der Waals surface area contributed by atoms with Crippen molar-refractivity contribution in [1.82, 2.24) is 9.88 Å². The molecule has 1 atom stereocenters. The van der Waals surface area contributed by atoms with E-state index >= 15 is 0 Å². The van der Waals surface area contributed by atoms with Crippen LogP contribution in [0.1, 0.15) is 57.9 Å². The summed E-state index contributed by atoms with van der Waals surface area (Å²) in [5.41, 5.74) is 2.04. The first-order valence-electron chi connectivity index (χ1n) is 10.6. The molecule has 0 radical (unpaired) electrons. The van der Waals surface area contributed by atoms with Crippen LogP contribution in [0.15, 0.2) is 18.2 Å². The van der Waals surface area contributed by atoms with Crippen LogP contribution >= 0.6 is 0 Å². The molecule has 3 rings (SSSR count). The summed E-state index contributed by atoms with van der Waals surface area (Å²) in [6.07, 6.45) is 0.627. The van der Waals surface area contributed by atoms with E-state index in [1.54, 1.807) is 32.4 Å². The first-order valence-corrected chi connectivity index (χ1v) is 10.6. The lowest BCUT2D eigenvalue weighted by molar-refractivity contribution is -0.120. The minimum absolute atomic E-state index is 0.172. The van der Waals surface area contributed by atoms with Gasteiger partial charge in [-0.1, -0.05) is 13.8 Å². The number of halogens is 1. The number of hydrogen-bond acceptors (Lipinski definition) is 4. The van der Waals surface area contributed by atoms with Gasteiger partial charge in [-0.05, 0) is 56.5 Å². The molecular formula is C24H30FN3O4. The maximum absolute atomic E-state index is 13.5. The minimum Gasteiger partial charge on any atom is -0.381 e. The number of carbonyl (C=O) groups excluding carboxylic acids is 3. The van der Waals surface area contributed by atoms with Crippen molar-refractivity contribution in [2.45, 2.75) is 47.1 Å². The van der Waals surface area contributed by atoms with Crippen molar-refractivity contribution in [3.05, 3.63) is 52.1 Å². The van der Waals surface area contributed by atoms with Gasteiger partial charge in [-0.3, -0.25) is 14.4 Å². The first kappa shape index (κ1) is 23.7. The normalized spacial score (nSPS) is 17.7. The number of aromatic nitrogens is 1. The Morgan fingerprint density at radius 3 is 2.50 bits per heavy atom. The van der Waals surface area contributed by atoms with Crippen LogP contribution in [0.4, 0.5) is 10.1 Å². The number of carbonyl (C=O) groups is 3. The van der Waals surface area contributed by atoms with Crippen LogP contribution in [0.5, 0.6) is 0 Å². The largest absolute Gasteiger partial charge is 0.381 e. The Morgan fingerprint density at radius 1 is 1.19 bits per heavy atom. The van der Waals surface area contributed by atoms with Gasteiger partial charge in [0.2, 0.25) is 0 Å². The number of hydrogen-bond donors (Lipinski definition) is 2. The summed E-state index contributed by atoms with van der Waals surface area (Å²) in [6.45, 7) is 9.97. The van der Waals surface area contributed by atoms with Crippen LogP contribution in [0, 0.1) is 32.0 Å². The molecule has 1 aliphatic heterocycles. The van der Waals surface area contributed by atoms with Gasteiger partial charge >= 0.3 is 0 Å². The highest BCUT2D eigenvalue weighted by Gasteiger charge is 2.36. The third kappa shape index (κ3) is 4.46. The Labute approximate surface area is 187 Å². The minimum atomic E-state index is -0.699. The molecule has 0 saturated carbocycles. The van der Waals surface area contributed by atoms with Gasteiger partial charge in [-0.15, -0.1) is 0 Å². The molecule has 0 aliphatic carbocycles. The fraction of sp³-hybridized carbons (Fsp3) is 0.458. The van der Waals surface area contributed by atoms with Gasteiger partial charge in [0.15, 0.2) is 0 Å². The molecule has 32 heavy (non-hydrogen) atoms. The molecule has 1 aromatic carbocycles. The van der Waals surface area contributed by atoms with Crippen molar-refractivity contribution in [1.29, 1.82) is 0 Å². The molecule has 2 heterocycles. The second-order valence-electron chi connectivity index (χ2n) is 9.10. The van der Waals surface area contributed by atoms with E-state index in [1.165, 1.54) is 18.2 Å². The van der Waals surface area contributed by atoms with Crippen molar-refractivity contribution in [3.8, 4) is 0 Å². The van der Waals surface area contributed by atoms with Gasteiger partial charge in [0, 0.05) is 36.5 Å². The van der Waals surface area contributed by atoms with Crippen LogP contribution < -0.4 is 10.6 Å². The van der Waals surface area contributed by atoms with Crippen LogP contribution in [0.25, 0.3) is 0 Å². The number of nitrogens with one attached hydrogen (secondary N) is 2. The van der Waals surface area contributed by atoms with Crippen LogP contribution in [-0.4, -0.2) is 41.4 Å². The van der Waals surface area contributed by atoms with Crippen LogP contribution in [0.2, 0.25) is 0 Å². The smallest absolute Gasteiger partial charge is 0.294 e. The predicted octanol–water partition coefficient (Wildman–Crippen LogP) is 3.46. The Hall–Kier alpha value is -3.00. The summed E-state index contributed by atoms with van der Waals surface area (Å²) in [5, 5.41) is 5.60. The summed E-state index contributed by atoms with van der Waals surface area (Å²) in [6, 6.07) is 4.12. The lowest BCUT2D eigenvalue weighted by atomic mass is 9.82. The molecule has 1 saturated heterocycles. The van der Waals surface area contributed by atoms with Crippen molar-refractivity contribution in [2.24, 2.45) is 12.5 Å². The number of anilines is 1. The Bertz CT molecular complexity index is 1090. The third-order valence-electron chi connectivity index (χ3n) is 6.27. The standard InChI is InChI=1S/C24H30FN3O4/c1-13-11-16(7-8-17(13)25)26-22(30)19-14(2)20(28(6)15(19)3)21(29)23(31)27-18-9-10-32-12-24(18,4)5/h7-8,11,18H,9-10,12H2,1-6H3,(H,26,30)(H,27,31). The monoisotopic (exact) mass is 443 g/mol. The number of ether oxygens (including phenoxy) is 1. The Balaban J connectivity index is 1.84. The molecule has 2 aromatic rings. The molecule has 8 heteroatoms. The number of Topliss-reactive ketones (excluding diaryl/α,β-unsaturated/α-hetero) is 1. The number of amides is 2. The van der Waals surface area contributed by atoms with Crippen molar-refractivity contribution in [3.63, 3.8) is 0 Å². The molecule has 1 aromatic heterocycles. The number of benzene rings is 1. The van der Waals surface area contributed by atoms with Crippen molar-refractivity contribution >= 4 is 23.3 Å². The molecule has 172 valence electrons. The lowest BCUT2D eigenvalue weighted by Gasteiger charge is -2.38. The Kier molecular flexibility index (Phi) is 6.55. The topological polar surface area (TPSA) is 89.4 Å². The fourth-order valence-electron chi connectivity index (χ4n) is 4.18. The molecule has 2 amide bonds. The van der Waals surface area contributed by atoms with Crippen molar-refractivity contribution in [2.75, 3.05) is 18.5 Å². The quantitative estimate of drug-likeness (QED) is 0.547. The average Bonchev–Trinajstić information content (AvgIpc) is 2.94. The molecule has 0 bridgehead atoms. The number of aryl methyl sites for hydroxylation is 1. The first-order chi connectivity index (χ1) is 14.9.